The van der Waals surface area contributed by atoms with Gasteiger partial charge in [-0.25, -0.2) is 8.42 Å². The fourth-order valence-electron chi connectivity index (χ4n) is 2.58. The van der Waals surface area contributed by atoms with Crippen molar-refractivity contribution in [3.63, 3.8) is 0 Å². The summed E-state index contributed by atoms with van der Waals surface area (Å²) in [4.78, 5) is 23.6. The normalized spacial score (nSPS) is 21.2. The smallest absolute Gasteiger partial charge is 0.309 e. The van der Waals surface area contributed by atoms with E-state index in [4.69, 9.17) is 16.3 Å². The lowest BCUT2D eigenvalue weighted by Gasteiger charge is -2.34. The Morgan fingerprint density at radius 1 is 1.19 bits per heavy atom. The third-order valence-corrected chi connectivity index (χ3v) is 6.29. The Balaban J connectivity index is 1.66. The molecule has 1 aliphatic heterocycles. The molecule has 2 aliphatic rings. The average molecular weight is 402 g/mol. The highest BCUT2D eigenvalue weighted by molar-refractivity contribution is 7.89. The molecule has 1 heterocycles. The number of ether oxygens (including phenoxy) is 1. The van der Waals surface area contributed by atoms with E-state index in [0.717, 1.165) is 12.8 Å². The van der Waals surface area contributed by atoms with Crippen molar-refractivity contribution in [2.45, 2.75) is 36.4 Å². The van der Waals surface area contributed by atoms with Gasteiger partial charge in [0.15, 0.2) is 0 Å². The molecule has 1 aromatic carbocycles. The molecule has 1 saturated heterocycles. The molecule has 3 rings (SSSR count). The predicted molar refractivity (Wildman–Crippen MR) is 93.9 cm³/mol. The van der Waals surface area contributed by atoms with Crippen LogP contribution in [0.1, 0.15) is 19.3 Å². The average Bonchev–Trinajstić information content (AvgIpc) is 3.44. The lowest BCUT2D eigenvalue weighted by Crippen LogP contribution is -2.53. The van der Waals surface area contributed by atoms with E-state index in [2.05, 4.69) is 10.6 Å². The molecule has 0 spiro atoms. The van der Waals surface area contributed by atoms with Crippen molar-refractivity contribution in [2.24, 2.45) is 0 Å². The monoisotopic (exact) mass is 401 g/mol. The second kappa shape index (κ2) is 7.91. The Kier molecular flexibility index (Phi) is 5.81. The number of benzene rings is 1. The first kappa shape index (κ1) is 19.1. The zero-order chi connectivity index (χ0) is 18.7. The molecule has 0 bridgehead atoms. The first-order chi connectivity index (χ1) is 12.4. The van der Waals surface area contributed by atoms with Crippen LogP contribution in [0.3, 0.4) is 0 Å². The second-order valence-corrected chi connectivity index (χ2v) is 8.53. The topological polar surface area (TPSA) is 105 Å². The van der Waals surface area contributed by atoms with Crippen molar-refractivity contribution >= 4 is 33.4 Å². The molecule has 2 amide bonds. The van der Waals surface area contributed by atoms with Crippen LogP contribution in [-0.4, -0.2) is 56.5 Å². The van der Waals surface area contributed by atoms with Crippen LogP contribution < -0.4 is 10.6 Å². The highest BCUT2D eigenvalue weighted by atomic mass is 35.5. The highest BCUT2D eigenvalue weighted by Crippen LogP contribution is 2.23. The summed E-state index contributed by atoms with van der Waals surface area (Å²) < 4.78 is 32.4. The zero-order valence-electron chi connectivity index (χ0n) is 14.0. The molecule has 10 heteroatoms. The van der Waals surface area contributed by atoms with Crippen molar-refractivity contribution < 1.29 is 22.7 Å². The largest absolute Gasteiger partial charge is 0.360 e. The summed E-state index contributed by atoms with van der Waals surface area (Å²) in [6, 6.07) is 5.91. The molecule has 2 fully saturated rings. The Morgan fingerprint density at radius 2 is 1.88 bits per heavy atom. The minimum absolute atomic E-state index is 0.0703. The maximum atomic E-state index is 12.9. The van der Waals surface area contributed by atoms with Crippen LogP contribution in [0.2, 0.25) is 5.02 Å². The minimum Gasteiger partial charge on any atom is -0.360 e. The number of hydrogen-bond donors (Lipinski definition) is 2. The number of halogens is 1. The van der Waals surface area contributed by atoms with Crippen LogP contribution >= 0.6 is 11.6 Å². The molecule has 1 saturated carbocycles. The molecular weight excluding hydrogens is 382 g/mol. The van der Waals surface area contributed by atoms with Gasteiger partial charge in [0.2, 0.25) is 10.0 Å². The van der Waals surface area contributed by atoms with Crippen molar-refractivity contribution in [1.82, 2.24) is 14.9 Å². The third kappa shape index (κ3) is 4.53. The van der Waals surface area contributed by atoms with E-state index in [0.29, 0.717) is 18.1 Å². The van der Waals surface area contributed by atoms with Gasteiger partial charge in [-0.2, -0.15) is 4.31 Å². The number of sulfonamides is 1. The van der Waals surface area contributed by atoms with Crippen LogP contribution in [0, 0.1) is 0 Å². The molecule has 0 radical (unpaired) electrons. The van der Waals surface area contributed by atoms with Gasteiger partial charge in [-0.1, -0.05) is 11.6 Å². The Labute approximate surface area is 156 Å². The maximum absolute atomic E-state index is 12.9. The number of amides is 2. The van der Waals surface area contributed by atoms with E-state index < -0.39 is 28.1 Å². The molecule has 2 N–H and O–H groups in total. The van der Waals surface area contributed by atoms with Crippen molar-refractivity contribution in [3.8, 4) is 0 Å². The van der Waals surface area contributed by atoms with Crippen LogP contribution in [0.25, 0.3) is 0 Å². The van der Waals surface area contributed by atoms with Gasteiger partial charge in [-0.3, -0.25) is 9.59 Å². The Hall–Kier alpha value is -1.68. The van der Waals surface area contributed by atoms with Gasteiger partial charge < -0.3 is 15.4 Å². The summed E-state index contributed by atoms with van der Waals surface area (Å²) in [7, 11) is -3.81. The molecule has 0 aromatic heterocycles. The van der Waals surface area contributed by atoms with Gasteiger partial charge in [-0.05, 0) is 43.5 Å². The summed E-state index contributed by atoms with van der Waals surface area (Å²) in [6.07, 6.45) is 1.41. The summed E-state index contributed by atoms with van der Waals surface area (Å²) in [6.45, 7) is 0.533. The van der Waals surface area contributed by atoms with Gasteiger partial charge in [-0.15, -0.1) is 0 Å². The van der Waals surface area contributed by atoms with E-state index in [9.17, 15) is 18.0 Å². The van der Waals surface area contributed by atoms with Crippen molar-refractivity contribution in [3.05, 3.63) is 29.3 Å². The van der Waals surface area contributed by atoms with E-state index in [-0.39, 0.29) is 24.0 Å². The molecule has 1 atom stereocenters. The maximum Gasteiger partial charge on any atom is 0.309 e. The fraction of sp³-hybridized carbons (Fsp3) is 0.500. The van der Waals surface area contributed by atoms with E-state index in [1.54, 1.807) is 0 Å². The Bertz CT molecular complexity index is 780. The lowest BCUT2D eigenvalue weighted by atomic mass is 10.3. The molecule has 1 aromatic rings. The summed E-state index contributed by atoms with van der Waals surface area (Å²) in [5.41, 5.74) is 0. The van der Waals surface area contributed by atoms with Gasteiger partial charge in [0.1, 0.15) is 6.23 Å². The van der Waals surface area contributed by atoms with Crippen LogP contribution in [0.15, 0.2) is 29.2 Å². The van der Waals surface area contributed by atoms with Crippen LogP contribution in [-0.2, 0) is 24.3 Å². The number of nitrogens with one attached hydrogen (secondary N) is 2. The predicted octanol–water partition coefficient (Wildman–Crippen LogP) is 0.472. The Morgan fingerprint density at radius 3 is 2.54 bits per heavy atom. The van der Waals surface area contributed by atoms with Crippen molar-refractivity contribution in [1.29, 1.82) is 0 Å². The SMILES string of the molecule is O=C(NC[C@@H]1OCCCN1S(=O)(=O)c1ccc(Cl)cc1)C(=O)NC1CC1. The van der Waals surface area contributed by atoms with Crippen LogP contribution in [0.4, 0.5) is 0 Å². The van der Waals surface area contributed by atoms with E-state index in [1.165, 1.54) is 28.6 Å². The van der Waals surface area contributed by atoms with Gasteiger partial charge in [0, 0.05) is 17.6 Å². The molecule has 26 heavy (non-hydrogen) atoms. The summed E-state index contributed by atoms with van der Waals surface area (Å²) in [5.74, 6) is -1.51. The van der Waals surface area contributed by atoms with Crippen molar-refractivity contribution in [2.75, 3.05) is 19.7 Å². The third-order valence-electron chi connectivity index (χ3n) is 4.13. The number of carbonyl (C=O) groups excluding carboxylic acids is 2. The quantitative estimate of drug-likeness (QED) is 0.698. The summed E-state index contributed by atoms with van der Waals surface area (Å²) in [5, 5.41) is 5.46. The molecule has 0 unspecified atom stereocenters. The molecule has 1 aliphatic carbocycles. The summed E-state index contributed by atoms with van der Waals surface area (Å²) >= 11 is 5.81. The van der Waals surface area contributed by atoms with E-state index >= 15 is 0 Å². The highest BCUT2D eigenvalue weighted by Gasteiger charge is 2.35. The van der Waals surface area contributed by atoms with Gasteiger partial charge in [0.05, 0.1) is 18.0 Å². The zero-order valence-corrected chi connectivity index (χ0v) is 15.6. The molecule has 142 valence electrons. The second-order valence-electron chi connectivity index (χ2n) is 6.21. The number of hydrogen-bond acceptors (Lipinski definition) is 5. The number of rotatable bonds is 5. The minimum atomic E-state index is -3.81. The first-order valence-electron chi connectivity index (χ1n) is 8.35. The number of nitrogens with zero attached hydrogens (tertiary/aromatic N) is 1. The standard InChI is InChI=1S/C16H20ClN3O5S/c17-11-2-6-13(7-3-11)26(23,24)20-8-1-9-25-14(20)10-18-15(21)16(22)19-12-4-5-12/h2-3,6-7,12,14H,1,4-5,8-10H2,(H,18,21)(H,19,22)/t14-/m0/s1. The number of carbonyl (C=O) groups is 2. The molecule has 8 nitrogen and oxygen atoms in total. The van der Waals surface area contributed by atoms with E-state index in [1.807, 2.05) is 0 Å². The van der Waals surface area contributed by atoms with Gasteiger partial charge in [0.25, 0.3) is 0 Å². The van der Waals surface area contributed by atoms with Gasteiger partial charge >= 0.3 is 11.8 Å². The lowest BCUT2D eigenvalue weighted by molar-refractivity contribution is -0.140. The first-order valence-corrected chi connectivity index (χ1v) is 10.2. The fourth-order valence-corrected chi connectivity index (χ4v) is 4.27. The van der Waals surface area contributed by atoms with Crippen LogP contribution in [0.5, 0.6) is 0 Å². The molecular formula is C16H20ClN3O5S.